The van der Waals surface area contributed by atoms with E-state index in [0.29, 0.717) is 0 Å². The van der Waals surface area contributed by atoms with Gasteiger partial charge in [-0.3, -0.25) is 0 Å². The largest absolute Gasteiger partial charge is 0.497 e. The maximum atomic E-state index is 5.63. The molecule has 3 aliphatic rings. The SMILES string of the molecule is COc1ccc2c(c1)C(C)(C)c1cc(-c3ccc4c(c3)C(C)(C)c3cc(-c5ccc6c(c5)C(C)(C)c5cc(-c7ccc8cc(-c9ccc%10ccccc%10c9)ccc8c7)ccc5-6)ccc3-4)ccc1-2. The van der Waals surface area contributed by atoms with Crippen LogP contribution in [0.4, 0.5) is 0 Å². The monoisotopic (exact) mass is 860 g/mol. The van der Waals surface area contributed by atoms with Crippen LogP contribution in [0.1, 0.15) is 74.9 Å². The molecule has 3 aliphatic carbocycles. The molecule has 322 valence electrons. The zero-order valence-electron chi connectivity index (χ0n) is 39.3. The van der Waals surface area contributed by atoms with Crippen LogP contribution < -0.4 is 4.74 Å². The molecule has 0 N–H and O–H groups in total. The van der Waals surface area contributed by atoms with Gasteiger partial charge in [-0.25, -0.2) is 0 Å². The van der Waals surface area contributed by atoms with Crippen LogP contribution in [0.3, 0.4) is 0 Å². The normalized spacial score (nSPS) is 15.1. The van der Waals surface area contributed by atoms with Crippen molar-refractivity contribution in [3.8, 4) is 83.6 Å². The molecule has 1 heteroatoms. The summed E-state index contributed by atoms with van der Waals surface area (Å²) in [4.78, 5) is 0. The van der Waals surface area contributed by atoms with Gasteiger partial charge in [-0.1, -0.05) is 169 Å². The minimum Gasteiger partial charge on any atom is -0.497 e. The molecule has 0 aromatic heterocycles. The molecule has 0 atom stereocenters. The Morgan fingerprint density at radius 1 is 0.254 bits per heavy atom. The maximum absolute atomic E-state index is 5.63. The van der Waals surface area contributed by atoms with Crippen molar-refractivity contribution in [1.29, 1.82) is 0 Å². The summed E-state index contributed by atoms with van der Waals surface area (Å²) in [6.45, 7) is 14.3. The van der Waals surface area contributed by atoms with Crippen molar-refractivity contribution < 1.29 is 4.74 Å². The Morgan fingerprint density at radius 3 is 0.851 bits per heavy atom. The molecule has 0 fully saturated rings. The van der Waals surface area contributed by atoms with Crippen molar-refractivity contribution in [2.24, 2.45) is 0 Å². The summed E-state index contributed by atoms with van der Waals surface area (Å²) < 4.78 is 5.63. The van der Waals surface area contributed by atoms with Crippen molar-refractivity contribution >= 4 is 21.5 Å². The van der Waals surface area contributed by atoms with E-state index in [4.69, 9.17) is 4.74 Å². The lowest BCUT2D eigenvalue weighted by atomic mass is 9.79. The Kier molecular flexibility index (Phi) is 8.34. The Balaban J connectivity index is 0.784. The summed E-state index contributed by atoms with van der Waals surface area (Å²) >= 11 is 0. The van der Waals surface area contributed by atoms with Crippen LogP contribution in [-0.2, 0) is 16.2 Å². The molecule has 0 saturated heterocycles. The van der Waals surface area contributed by atoms with Gasteiger partial charge in [0.05, 0.1) is 7.11 Å². The fourth-order valence-electron chi connectivity index (χ4n) is 12.2. The van der Waals surface area contributed by atoms with Crippen LogP contribution in [0.25, 0.3) is 99.4 Å². The molecule has 10 aromatic carbocycles. The molecule has 0 unspecified atom stereocenters. The van der Waals surface area contributed by atoms with Crippen molar-refractivity contribution in [2.45, 2.75) is 57.8 Å². The molecule has 13 rings (SSSR count). The molecule has 0 saturated carbocycles. The van der Waals surface area contributed by atoms with Gasteiger partial charge in [0.1, 0.15) is 5.75 Å². The smallest absolute Gasteiger partial charge is 0.119 e. The third-order valence-electron chi connectivity index (χ3n) is 16.2. The topological polar surface area (TPSA) is 9.23 Å². The minimum atomic E-state index is -0.148. The second-order valence-electron chi connectivity index (χ2n) is 20.9. The molecule has 67 heavy (non-hydrogen) atoms. The number of fused-ring (bicyclic) bond motifs is 11. The lowest BCUT2D eigenvalue weighted by molar-refractivity contribution is 0.413. The van der Waals surface area contributed by atoms with E-state index >= 15 is 0 Å². The fourth-order valence-corrected chi connectivity index (χ4v) is 12.2. The van der Waals surface area contributed by atoms with Crippen molar-refractivity contribution in [2.75, 3.05) is 7.11 Å². The summed E-state index contributed by atoms with van der Waals surface area (Å²) in [6, 6.07) is 71.3. The molecule has 1 nitrogen and oxygen atoms in total. The number of ether oxygens (including phenoxy) is 1. The molecule has 0 aliphatic heterocycles. The lowest BCUT2D eigenvalue weighted by Crippen LogP contribution is -2.16. The van der Waals surface area contributed by atoms with Gasteiger partial charge in [-0.05, 0) is 193 Å². The summed E-state index contributed by atoms with van der Waals surface area (Å²) in [5.74, 6) is 0.911. The van der Waals surface area contributed by atoms with Gasteiger partial charge in [-0.15, -0.1) is 0 Å². The number of rotatable bonds is 5. The highest BCUT2D eigenvalue weighted by molar-refractivity contribution is 5.95. The van der Waals surface area contributed by atoms with Crippen LogP contribution in [0.15, 0.2) is 188 Å². The Morgan fingerprint density at radius 2 is 0.507 bits per heavy atom. The van der Waals surface area contributed by atoms with Gasteiger partial charge in [0, 0.05) is 16.2 Å². The lowest BCUT2D eigenvalue weighted by Gasteiger charge is -2.24. The third kappa shape index (κ3) is 5.87. The van der Waals surface area contributed by atoms with E-state index in [1.807, 2.05) is 0 Å². The summed E-state index contributed by atoms with van der Waals surface area (Å²) in [5, 5.41) is 5.06. The highest BCUT2D eigenvalue weighted by atomic mass is 16.5. The predicted octanol–water partition coefficient (Wildman–Crippen LogP) is 17.6. The zero-order chi connectivity index (χ0) is 45.6. The fraction of sp³-hybridized carbons (Fsp3) is 0.152. The molecule has 0 amide bonds. The van der Waals surface area contributed by atoms with E-state index in [1.54, 1.807) is 7.11 Å². The van der Waals surface area contributed by atoms with Crippen LogP contribution in [-0.4, -0.2) is 7.11 Å². The number of hydrogen-bond acceptors (Lipinski definition) is 1. The standard InChI is InChI=1S/C66H52O/c1-64(2)58-33-46(45-17-16-43-31-42(14-15-44(43)32-45)41-13-12-39-10-8-9-11-40(39)30-41)18-24-52(58)53-25-19-47(34-59(53)64)48-20-26-54-55-27-21-49(36-61(55)65(3,4)60(54)35-48)50-22-28-56-57-29-23-51(67-7)38-63(57)66(5,6)62(56)37-50/h8-38H,1-7H3. The summed E-state index contributed by atoms with van der Waals surface area (Å²) in [5.41, 5.74) is 25.9. The average molecular weight is 861 g/mol. The van der Waals surface area contributed by atoms with Crippen LogP contribution in [0.5, 0.6) is 5.75 Å². The quantitative estimate of drug-likeness (QED) is 0.168. The summed E-state index contributed by atoms with van der Waals surface area (Å²) in [6.07, 6.45) is 0. The van der Waals surface area contributed by atoms with Crippen LogP contribution in [0.2, 0.25) is 0 Å². The van der Waals surface area contributed by atoms with E-state index in [0.717, 1.165) is 5.75 Å². The first-order valence-corrected chi connectivity index (χ1v) is 23.8. The van der Waals surface area contributed by atoms with E-state index < -0.39 is 0 Å². The molecule has 0 heterocycles. The van der Waals surface area contributed by atoms with Gasteiger partial charge in [0.25, 0.3) is 0 Å². The van der Waals surface area contributed by atoms with E-state index in [1.165, 1.54) is 133 Å². The van der Waals surface area contributed by atoms with Gasteiger partial charge < -0.3 is 4.74 Å². The molecule has 0 bridgehead atoms. The van der Waals surface area contributed by atoms with E-state index in [2.05, 4.69) is 230 Å². The van der Waals surface area contributed by atoms with Crippen molar-refractivity contribution in [3.05, 3.63) is 221 Å². The molecular formula is C66H52O. The Bertz CT molecular complexity index is 3760. The Labute approximate surface area is 394 Å². The molecular weight excluding hydrogens is 809 g/mol. The van der Waals surface area contributed by atoms with Crippen molar-refractivity contribution in [1.82, 2.24) is 0 Å². The van der Waals surface area contributed by atoms with Gasteiger partial charge >= 0.3 is 0 Å². The Hall–Kier alpha value is -7.48. The minimum absolute atomic E-state index is 0.111. The molecule has 0 radical (unpaired) electrons. The highest BCUT2D eigenvalue weighted by Gasteiger charge is 2.39. The third-order valence-corrected chi connectivity index (χ3v) is 16.2. The first-order chi connectivity index (χ1) is 32.4. The second kappa shape index (κ2) is 14.0. The zero-order valence-corrected chi connectivity index (χ0v) is 39.3. The predicted molar refractivity (Wildman–Crippen MR) is 282 cm³/mol. The molecule has 0 spiro atoms. The number of hydrogen-bond donors (Lipinski definition) is 0. The van der Waals surface area contributed by atoms with Gasteiger partial charge in [-0.2, -0.15) is 0 Å². The summed E-state index contributed by atoms with van der Waals surface area (Å²) in [7, 11) is 1.75. The van der Waals surface area contributed by atoms with E-state index in [9.17, 15) is 0 Å². The average Bonchev–Trinajstić information content (AvgIpc) is 3.83. The first-order valence-electron chi connectivity index (χ1n) is 23.8. The van der Waals surface area contributed by atoms with E-state index in [-0.39, 0.29) is 16.2 Å². The maximum Gasteiger partial charge on any atom is 0.119 e. The number of benzene rings is 10. The molecule has 10 aromatic rings. The highest BCUT2D eigenvalue weighted by Crippen LogP contribution is 2.55. The van der Waals surface area contributed by atoms with Crippen LogP contribution in [0, 0.1) is 0 Å². The first kappa shape index (κ1) is 39.8. The van der Waals surface area contributed by atoms with Gasteiger partial charge in [0.2, 0.25) is 0 Å². The second-order valence-corrected chi connectivity index (χ2v) is 20.9. The van der Waals surface area contributed by atoms with Crippen molar-refractivity contribution in [3.63, 3.8) is 0 Å². The number of methoxy groups -OCH3 is 1. The van der Waals surface area contributed by atoms with Gasteiger partial charge in [0.15, 0.2) is 0 Å². The van der Waals surface area contributed by atoms with Crippen LogP contribution >= 0.6 is 0 Å².